The van der Waals surface area contributed by atoms with Gasteiger partial charge in [-0.2, -0.15) is 0 Å². The summed E-state index contributed by atoms with van der Waals surface area (Å²) in [6, 6.07) is 6.84. The molecule has 3 N–H and O–H groups in total. The first-order chi connectivity index (χ1) is 9.43. The molecule has 0 bridgehead atoms. The standard InChI is InChI=1S/C14H14F2N2OS/c1-14(13(17)19,18-8-10-3-2-6-20-10)11-5-4-9(15)7-12(11)16/h2-7,18H,8H2,1H3,(H2,17,19). The normalized spacial score (nSPS) is 13.9. The van der Waals surface area contributed by atoms with Crippen molar-refractivity contribution in [3.8, 4) is 0 Å². The van der Waals surface area contributed by atoms with Crippen molar-refractivity contribution < 1.29 is 13.6 Å². The Morgan fingerprint density at radius 1 is 1.40 bits per heavy atom. The second-order valence-electron chi connectivity index (χ2n) is 4.55. The summed E-state index contributed by atoms with van der Waals surface area (Å²) in [5, 5.41) is 4.85. The van der Waals surface area contributed by atoms with Crippen LogP contribution in [0.2, 0.25) is 0 Å². The van der Waals surface area contributed by atoms with E-state index < -0.39 is 23.1 Å². The van der Waals surface area contributed by atoms with Gasteiger partial charge in [-0.15, -0.1) is 11.3 Å². The minimum Gasteiger partial charge on any atom is -0.368 e. The van der Waals surface area contributed by atoms with Gasteiger partial charge in [-0.1, -0.05) is 12.1 Å². The maximum Gasteiger partial charge on any atom is 0.242 e. The largest absolute Gasteiger partial charge is 0.368 e. The highest BCUT2D eigenvalue weighted by atomic mass is 32.1. The van der Waals surface area contributed by atoms with Gasteiger partial charge < -0.3 is 5.73 Å². The molecule has 1 amide bonds. The van der Waals surface area contributed by atoms with Crippen LogP contribution >= 0.6 is 11.3 Å². The molecule has 0 spiro atoms. The van der Waals surface area contributed by atoms with Crippen LogP contribution in [0, 0.1) is 11.6 Å². The Morgan fingerprint density at radius 3 is 2.70 bits per heavy atom. The first-order valence-electron chi connectivity index (χ1n) is 5.96. The zero-order chi connectivity index (χ0) is 14.8. The van der Waals surface area contributed by atoms with Crippen LogP contribution in [0.25, 0.3) is 0 Å². The Hall–Kier alpha value is -1.79. The number of carbonyl (C=O) groups excluding carboxylic acids is 1. The second-order valence-corrected chi connectivity index (χ2v) is 5.58. The van der Waals surface area contributed by atoms with Crippen LogP contribution in [0.15, 0.2) is 35.7 Å². The van der Waals surface area contributed by atoms with Crippen molar-refractivity contribution in [2.45, 2.75) is 19.0 Å². The van der Waals surface area contributed by atoms with Crippen molar-refractivity contribution >= 4 is 17.2 Å². The summed E-state index contributed by atoms with van der Waals surface area (Å²) >= 11 is 1.51. The number of hydrogen-bond donors (Lipinski definition) is 2. The molecule has 1 aromatic heterocycles. The number of halogens is 2. The van der Waals surface area contributed by atoms with Gasteiger partial charge in [0.2, 0.25) is 5.91 Å². The molecule has 0 aliphatic heterocycles. The molecule has 2 rings (SSSR count). The Labute approximate surface area is 119 Å². The molecule has 3 nitrogen and oxygen atoms in total. The highest BCUT2D eigenvalue weighted by Crippen LogP contribution is 2.25. The number of primary amides is 1. The molecule has 0 aliphatic carbocycles. The van der Waals surface area contributed by atoms with Gasteiger partial charge in [-0.05, 0) is 24.4 Å². The van der Waals surface area contributed by atoms with E-state index in [1.54, 1.807) is 0 Å². The van der Waals surface area contributed by atoms with E-state index in [-0.39, 0.29) is 5.56 Å². The third-order valence-corrected chi connectivity index (χ3v) is 4.04. The number of hydrogen-bond acceptors (Lipinski definition) is 3. The zero-order valence-electron chi connectivity index (χ0n) is 10.8. The van der Waals surface area contributed by atoms with Crippen molar-refractivity contribution in [1.29, 1.82) is 0 Å². The van der Waals surface area contributed by atoms with Gasteiger partial charge in [0.15, 0.2) is 0 Å². The number of nitrogens with two attached hydrogens (primary N) is 1. The van der Waals surface area contributed by atoms with Crippen LogP contribution in [0.3, 0.4) is 0 Å². The molecular formula is C14H14F2N2OS. The average molecular weight is 296 g/mol. The molecule has 106 valence electrons. The number of carbonyl (C=O) groups is 1. The highest BCUT2D eigenvalue weighted by molar-refractivity contribution is 7.09. The van der Waals surface area contributed by atoms with E-state index in [1.807, 2.05) is 17.5 Å². The first kappa shape index (κ1) is 14.6. The topological polar surface area (TPSA) is 55.1 Å². The van der Waals surface area contributed by atoms with Gasteiger partial charge in [-0.25, -0.2) is 8.78 Å². The number of amides is 1. The maximum absolute atomic E-state index is 13.9. The van der Waals surface area contributed by atoms with E-state index in [4.69, 9.17) is 5.73 Å². The Balaban J connectivity index is 2.31. The van der Waals surface area contributed by atoms with Crippen molar-refractivity contribution in [2.24, 2.45) is 5.73 Å². The van der Waals surface area contributed by atoms with Crippen LogP contribution in [-0.4, -0.2) is 5.91 Å². The van der Waals surface area contributed by atoms with Crippen LogP contribution in [-0.2, 0) is 16.9 Å². The highest BCUT2D eigenvalue weighted by Gasteiger charge is 2.35. The molecule has 1 heterocycles. The molecule has 2 aromatic rings. The maximum atomic E-state index is 13.9. The molecule has 0 saturated heterocycles. The van der Waals surface area contributed by atoms with Gasteiger partial charge in [-0.3, -0.25) is 10.1 Å². The average Bonchev–Trinajstić information content (AvgIpc) is 2.88. The van der Waals surface area contributed by atoms with Gasteiger partial charge in [0.05, 0.1) is 0 Å². The van der Waals surface area contributed by atoms with Crippen molar-refractivity contribution in [3.63, 3.8) is 0 Å². The fourth-order valence-electron chi connectivity index (χ4n) is 1.89. The van der Waals surface area contributed by atoms with Crippen molar-refractivity contribution in [1.82, 2.24) is 5.32 Å². The third kappa shape index (κ3) is 2.86. The van der Waals surface area contributed by atoms with Gasteiger partial charge in [0.1, 0.15) is 17.2 Å². The summed E-state index contributed by atoms with van der Waals surface area (Å²) < 4.78 is 26.9. The van der Waals surface area contributed by atoms with Crippen LogP contribution in [0.4, 0.5) is 8.78 Å². The fourth-order valence-corrected chi connectivity index (χ4v) is 2.53. The van der Waals surface area contributed by atoms with Crippen LogP contribution < -0.4 is 11.1 Å². The second kappa shape index (κ2) is 5.68. The zero-order valence-corrected chi connectivity index (χ0v) is 11.6. The molecule has 1 aromatic carbocycles. The molecule has 0 fully saturated rings. The summed E-state index contributed by atoms with van der Waals surface area (Å²) in [6.07, 6.45) is 0. The smallest absolute Gasteiger partial charge is 0.242 e. The van der Waals surface area contributed by atoms with E-state index >= 15 is 0 Å². The minimum absolute atomic E-state index is 0.0305. The molecule has 0 saturated carbocycles. The van der Waals surface area contributed by atoms with Crippen LogP contribution in [0.5, 0.6) is 0 Å². The minimum atomic E-state index is -1.40. The van der Waals surface area contributed by atoms with E-state index in [0.29, 0.717) is 6.54 Å². The van der Waals surface area contributed by atoms with Gasteiger partial charge in [0, 0.05) is 23.1 Å². The molecule has 0 aliphatic rings. The Kier molecular flexibility index (Phi) is 4.15. The number of thiophene rings is 1. The third-order valence-electron chi connectivity index (χ3n) is 3.16. The predicted octanol–water partition coefficient (Wildman–Crippen LogP) is 2.52. The lowest BCUT2D eigenvalue weighted by molar-refractivity contribution is -0.124. The molecule has 20 heavy (non-hydrogen) atoms. The van der Waals surface area contributed by atoms with Gasteiger partial charge >= 0.3 is 0 Å². The van der Waals surface area contributed by atoms with E-state index in [9.17, 15) is 13.6 Å². The number of rotatable bonds is 5. The predicted molar refractivity (Wildman–Crippen MR) is 74.1 cm³/mol. The first-order valence-corrected chi connectivity index (χ1v) is 6.84. The van der Waals surface area contributed by atoms with E-state index in [2.05, 4.69) is 5.32 Å². The SMILES string of the molecule is CC(NCc1cccs1)(C(N)=O)c1ccc(F)cc1F. The quantitative estimate of drug-likeness (QED) is 0.891. The molecule has 0 radical (unpaired) electrons. The summed E-state index contributed by atoms with van der Waals surface area (Å²) in [7, 11) is 0. The lowest BCUT2D eigenvalue weighted by Gasteiger charge is -2.28. The Morgan fingerprint density at radius 2 is 2.15 bits per heavy atom. The number of benzene rings is 1. The Bertz CT molecular complexity index is 616. The van der Waals surface area contributed by atoms with Crippen LogP contribution in [0.1, 0.15) is 17.4 Å². The summed E-state index contributed by atoms with van der Waals surface area (Å²) in [5.41, 5.74) is 4.02. The lowest BCUT2D eigenvalue weighted by Crippen LogP contribution is -2.50. The summed E-state index contributed by atoms with van der Waals surface area (Å²) in [5.74, 6) is -2.22. The van der Waals surface area contributed by atoms with E-state index in [1.165, 1.54) is 24.3 Å². The summed E-state index contributed by atoms with van der Waals surface area (Å²) in [4.78, 5) is 12.7. The van der Waals surface area contributed by atoms with Gasteiger partial charge in [0.25, 0.3) is 0 Å². The molecule has 6 heteroatoms. The molecular weight excluding hydrogens is 282 g/mol. The fraction of sp³-hybridized carbons (Fsp3) is 0.214. The monoisotopic (exact) mass is 296 g/mol. The number of nitrogens with one attached hydrogen (secondary N) is 1. The summed E-state index contributed by atoms with van der Waals surface area (Å²) in [6.45, 7) is 1.85. The molecule has 1 atom stereocenters. The van der Waals surface area contributed by atoms with Crippen molar-refractivity contribution in [2.75, 3.05) is 0 Å². The molecule has 1 unspecified atom stereocenters. The van der Waals surface area contributed by atoms with E-state index in [0.717, 1.165) is 17.0 Å². The lowest BCUT2D eigenvalue weighted by atomic mass is 9.90. The van der Waals surface area contributed by atoms with Crippen molar-refractivity contribution in [3.05, 3.63) is 57.8 Å².